The van der Waals surface area contributed by atoms with Crippen molar-refractivity contribution in [3.63, 3.8) is 0 Å². The molecule has 1 aromatic rings. The van der Waals surface area contributed by atoms with Crippen LogP contribution in [0.3, 0.4) is 0 Å². The molecule has 2 atom stereocenters. The zero-order valence-corrected chi connectivity index (χ0v) is 10.8. The molecule has 0 heteroatoms. The Labute approximate surface area is 94.7 Å². The fourth-order valence-electron chi connectivity index (χ4n) is 1.88. The van der Waals surface area contributed by atoms with Crippen LogP contribution in [-0.2, 0) is 0 Å². The number of rotatable bonds is 4. The van der Waals surface area contributed by atoms with Crippen LogP contribution in [0.15, 0.2) is 18.2 Å². The molecule has 0 fully saturated rings. The van der Waals surface area contributed by atoms with Crippen LogP contribution in [-0.4, -0.2) is 0 Å². The first-order valence-corrected chi connectivity index (χ1v) is 6.19. The molecule has 0 aromatic heterocycles. The highest BCUT2D eigenvalue weighted by atomic mass is 14.1. The van der Waals surface area contributed by atoms with E-state index >= 15 is 0 Å². The predicted octanol–water partition coefficient (Wildman–Crippen LogP) is 5.02. The van der Waals surface area contributed by atoms with Gasteiger partial charge >= 0.3 is 0 Å². The highest BCUT2D eigenvalue weighted by Crippen LogP contribution is 2.26. The fourth-order valence-corrected chi connectivity index (χ4v) is 1.88. The molecule has 0 aliphatic rings. The Kier molecular flexibility index (Phi) is 4.38. The minimum absolute atomic E-state index is 0.688. The normalized spacial score (nSPS) is 15.0. The molecular formula is C15H24. The Hall–Kier alpha value is -0.780. The van der Waals surface area contributed by atoms with Crippen molar-refractivity contribution < 1.29 is 0 Å². The summed E-state index contributed by atoms with van der Waals surface area (Å²) in [5.74, 6) is 1.38. The largest absolute Gasteiger partial charge is 0.0648 e. The minimum Gasteiger partial charge on any atom is -0.0648 e. The third-order valence-electron chi connectivity index (χ3n) is 3.48. The second kappa shape index (κ2) is 5.34. The van der Waals surface area contributed by atoms with Crippen LogP contribution in [0.25, 0.3) is 0 Å². The predicted molar refractivity (Wildman–Crippen MR) is 68.6 cm³/mol. The van der Waals surface area contributed by atoms with Crippen LogP contribution in [0.1, 0.15) is 69.1 Å². The first kappa shape index (κ1) is 12.3. The van der Waals surface area contributed by atoms with Crippen LogP contribution < -0.4 is 0 Å². The summed E-state index contributed by atoms with van der Waals surface area (Å²) in [4.78, 5) is 0. The van der Waals surface area contributed by atoms with Gasteiger partial charge in [-0.3, -0.25) is 0 Å². The van der Waals surface area contributed by atoms with Crippen LogP contribution in [0.5, 0.6) is 0 Å². The number of benzene rings is 1. The monoisotopic (exact) mass is 204 g/mol. The Morgan fingerprint density at radius 1 is 0.867 bits per heavy atom. The molecule has 84 valence electrons. The molecule has 1 aromatic carbocycles. The zero-order valence-electron chi connectivity index (χ0n) is 10.8. The molecule has 0 radical (unpaired) electrons. The Bertz CT molecular complexity index is 284. The van der Waals surface area contributed by atoms with Crippen molar-refractivity contribution in [1.82, 2.24) is 0 Å². The quantitative estimate of drug-likeness (QED) is 0.646. The third kappa shape index (κ3) is 3.09. The van der Waals surface area contributed by atoms with Crippen LogP contribution in [0.2, 0.25) is 0 Å². The van der Waals surface area contributed by atoms with Crippen molar-refractivity contribution in [2.75, 3.05) is 0 Å². The van der Waals surface area contributed by atoms with Crippen LogP contribution in [0, 0.1) is 6.92 Å². The van der Waals surface area contributed by atoms with Gasteiger partial charge in [0, 0.05) is 0 Å². The minimum atomic E-state index is 0.688. The van der Waals surface area contributed by atoms with Gasteiger partial charge in [0.25, 0.3) is 0 Å². The average molecular weight is 204 g/mol. The lowest BCUT2D eigenvalue weighted by Crippen LogP contribution is -1.98. The molecule has 0 N–H and O–H groups in total. The molecule has 0 spiro atoms. The lowest BCUT2D eigenvalue weighted by Gasteiger charge is -2.15. The van der Waals surface area contributed by atoms with E-state index in [2.05, 4.69) is 52.8 Å². The van der Waals surface area contributed by atoms with Gasteiger partial charge in [-0.25, -0.2) is 0 Å². The smallest absolute Gasteiger partial charge is 0.0193 e. The van der Waals surface area contributed by atoms with Gasteiger partial charge < -0.3 is 0 Å². The second-order valence-electron chi connectivity index (χ2n) is 4.80. The number of aryl methyl sites for hydroxylation is 1. The summed E-state index contributed by atoms with van der Waals surface area (Å²) in [7, 11) is 0. The van der Waals surface area contributed by atoms with Gasteiger partial charge in [0.15, 0.2) is 0 Å². The van der Waals surface area contributed by atoms with E-state index in [4.69, 9.17) is 0 Å². The van der Waals surface area contributed by atoms with E-state index < -0.39 is 0 Å². The van der Waals surface area contributed by atoms with Crippen molar-refractivity contribution in [1.29, 1.82) is 0 Å². The van der Waals surface area contributed by atoms with Crippen LogP contribution in [0.4, 0.5) is 0 Å². The molecular weight excluding hydrogens is 180 g/mol. The molecule has 1 rings (SSSR count). The maximum Gasteiger partial charge on any atom is -0.0193 e. The maximum atomic E-state index is 2.40. The Morgan fingerprint density at radius 3 is 1.60 bits per heavy atom. The summed E-state index contributed by atoms with van der Waals surface area (Å²) in [5, 5.41) is 0. The molecule has 15 heavy (non-hydrogen) atoms. The lowest BCUT2D eigenvalue weighted by atomic mass is 9.90. The Balaban J connectivity index is 3.04. The van der Waals surface area contributed by atoms with E-state index in [9.17, 15) is 0 Å². The van der Waals surface area contributed by atoms with E-state index in [-0.39, 0.29) is 0 Å². The topological polar surface area (TPSA) is 0 Å². The van der Waals surface area contributed by atoms with Crippen molar-refractivity contribution >= 4 is 0 Å². The summed E-state index contributed by atoms with van der Waals surface area (Å²) < 4.78 is 0. The summed E-state index contributed by atoms with van der Waals surface area (Å²) >= 11 is 0. The molecule has 0 aliphatic carbocycles. The molecule has 0 bridgehead atoms. The first-order valence-electron chi connectivity index (χ1n) is 6.19. The zero-order chi connectivity index (χ0) is 11.4. The summed E-state index contributed by atoms with van der Waals surface area (Å²) in [6.07, 6.45) is 2.45. The van der Waals surface area contributed by atoms with Gasteiger partial charge in [-0.1, -0.05) is 51.5 Å². The van der Waals surface area contributed by atoms with Gasteiger partial charge in [0.05, 0.1) is 0 Å². The first-order chi connectivity index (χ1) is 7.08. The number of hydrogen-bond donors (Lipinski definition) is 0. The highest BCUT2D eigenvalue weighted by Gasteiger charge is 2.08. The van der Waals surface area contributed by atoms with Gasteiger partial charge in [-0.15, -0.1) is 0 Å². The van der Waals surface area contributed by atoms with Crippen molar-refractivity contribution in [2.45, 2.75) is 59.3 Å². The van der Waals surface area contributed by atoms with Crippen molar-refractivity contribution in [3.8, 4) is 0 Å². The molecule has 0 saturated carbocycles. The molecule has 0 amide bonds. The second-order valence-corrected chi connectivity index (χ2v) is 4.80. The van der Waals surface area contributed by atoms with Gasteiger partial charge in [-0.05, 0) is 42.7 Å². The number of hydrogen-bond acceptors (Lipinski definition) is 0. The van der Waals surface area contributed by atoms with E-state index in [1.807, 2.05) is 0 Å². The molecule has 0 heterocycles. The third-order valence-corrected chi connectivity index (χ3v) is 3.48. The van der Waals surface area contributed by atoms with E-state index in [1.165, 1.54) is 29.5 Å². The molecule has 0 saturated heterocycles. The highest BCUT2D eigenvalue weighted by molar-refractivity contribution is 5.33. The van der Waals surface area contributed by atoms with E-state index in [0.717, 1.165) is 0 Å². The molecule has 0 aliphatic heterocycles. The Morgan fingerprint density at radius 2 is 1.27 bits per heavy atom. The summed E-state index contributed by atoms with van der Waals surface area (Å²) in [6.45, 7) is 11.4. The SMILES string of the molecule is CCC(C)c1cc(C)cc(C(C)CC)c1. The van der Waals surface area contributed by atoms with Crippen molar-refractivity contribution in [3.05, 3.63) is 34.9 Å². The molecule has 2 unspecified atom stereocenters. The van der Waals surface area contributed by atoms with E-state index in [1.54, 1.807) is 0 Å². The van der Waals surface area contributed by atoms with Gasteiger partial charge in [-0.2, -0.15) is 0 Å². The summed E-state index contributed by atoms with van der Waals surface area (Å²) in [5.41, 5.74) is 4.42. The lowest BCUT2D eigenvalue weighted by molar-refractivity contribution is 0.710. The fraction of sp³-hybridized carbons (Fsp3) is 0.600. The maximum absolute atomic E-state index is 2.40. The van der Waals surface area contributed by atoms with Gasteiger partial charge in [0.1, 0.15) is 0 Å². The van der Waals surface area contributed by atoms with Crippen molar-refractivity contribution in [2.24, 2.45) is 0 Å². The summed E-state index contributed by atoms with van der Waals surface area (Å²) in [6, 6.07) is 7.06. The molecule has 0 nitrogen and oxygen atoms in total. The average Bonchev–Trinajstić information content (AvgIpc) is 2.26. The van der Waals surface area contributed by atoms with Crippen LogP contribution >= 0.6 is 0 Å². The standard InChI is InChI=1S/C15H24/c1-6-12(4)14-8-11(3)9-15(10-14)13(5)7-2/h8-10,12-13H,6-7H2,1-5H3. The van der Waals surface area contributed by atoms with E-state index in [0.29, 0.717) is 11.8 Å². The van der Waals surface area contributed by atoms with Gasteiger partial charge in [0.2, 0.25) is 0 Å².